The molecule has 0 aliphatic heterocycles. The van der Waals surface area contributed by atoms with Crippen molar-refractivity contribution in [3.05, 3.63) is 131 Å². The molecule has 0 bridgehead atoms. The third kappa shape index (κ3) is 6.92. The minimum Gasteiger partial charge on any atom is -0.497 e. The summed E-state index contributed by atoms with van der Waals surface area (Å²) in [5.74, 6) is 0.603. The fourth-order valence-electron chi connectivity index (χ4n) is 4.85. The van der Waals surface area contributed by atoms with Crippen LogP contribution in [0.3, 0.4) is 0 Å². The SMILES string of the molecule is COc1ccc(C(NCCCCC(N)C(=O)Nc2ccc(CO)cc2)(c2ccccc2)c2ccccc2)cc1. The van der Waals surface area contributed by atoms with Gasteiger partial charge in [0.05, 0.1) is 25.3 Å². The molecule has 6 heteroatoms. The summed E-state index contributed by atoms with van der Waals surface area (Å²) < 4.78 is 5.42. The van der Waals surface area contributed by atoms with Crippen LogP contribution in [0.15, 0.2) is 109 Å². The van der Waals surface area contributed by atoms with Crippen molar-refractivity contribution in [3.63, 3.8) is 0 Å². The molecule has 0 radical (unpaired) electrons. The highest BCUT2D eigenvalue weighted by molar-refractivity contribution is 5.94. The van der Waals surface area contributed by atoms with Gasteiger partial charge >= 0.3 is 0 Å². The quantitative estimate of drug-likeness (QED) is 0.143. The van der Waals surface area contributed by atoms with Gasteiger partial charge in [-0.15, -0.1) is 0 Å². The number of unbranched alkanes of at least 4 members (excludes halogenated alkanes) is 1. The Labute approximate surface area is 230 Å². The lowest BCUT2D eigenvalue weighted by molar-refractivity contribution is -0.117. The van der Waals surface area contributed by atoms with Crippen molar-refractivity contribution in [2.75, 3.05) is 19.0 Å². The molecule has 1 unspecified atom stereocenters. The fourth-order valence-corrected chi connectivity index (χ4v) is 4.85. The molecule has 0 saturated carbocycles. The molecule has 4 rings (SSSR count). The van der Waals surface area contributed by atoms with E-state index in [2.05, 4.69) is 71.3 Å². The fraction of sp³-hybridized carbons (Fsp3) is 0.242. The van der Waals surface area contributed by atoms with E-state index in [0.717, 1.165) is 47.4 Å². The zero-order valence-electron chi connectivity index (χ0n) is 22.3. The first kappa shape index (κ1) is 28.0. The minimum absolute atomic E-state index is 0.0317. The second-order valence-electron chi connectivity index (χ2n) is 9.58. The molecule has 0 aliphatic carbocycles. The zero-order valence-corrected chi connectivity index (χ0v) is 22.3. The van der Waals surface area contributed by atoms with Crippen molar-refractivity contribution >= 4 is 11.6 Å². The number of nitrogens with two attached hydrogens (primary N) is 1. The third-order valence-corrected chi connectivity index (χ3v) is 7.01. The minimum atomic E-state index is -0.600. The van der Waals surface area contributed by atoms with Crippen molar-refractivity contribution in [1.82, 2.24) is 5.32 Å². The lowest BCUT2D eigenvalue weighted by atomic mass is 9.77. The molecule has 39 heavy (non-hydrogen) atoms. The summed E-state index contributed by atoms with van der Waals surface area (Å²) in [6.07, 6.45) is 2.23. The standard InChI is InChI=1S/C33H37N3O3/c1-39-30-21-17-28(18-22-30)33(26-10-4-2-5-11-26,27-12-6-3-7-13-27)35-23-9-8-14-31(34)32(38)36-29-19-15-25(24-37)16-20-29/h2-7,10-13,15-22,31,35,37H,8-9,14,23-24,34H2,1H3,(H,36,38). The highest BCUT2D eigenvalue weighted by Gasteiger charge is 2.35. The van der Waals surface area contributed by atoms with Gasteiger partial charge in [-0.2, -0.15) is 0 Å². The number of hydrogen-bond donors (Lipinski definition) is 4. The van der Waals surface area contributed by atoms with E-state index in [9.17, 15) is 9.90 Å². The average molecular weight is 524 g/mol. The maximum Gasteiger partial charge on any atom is 0.241 e. The Balaban J connectivity index is 1.45. The molecule has 4 aromatic carbocycles. The first-order valence-corrected chi connectivity index (χ1v) is 13.3. The van der Waals surface area contributed by atoms with E-state index in [-0.39, 0.29) is 12.5 Å². The summed E-state index contributed by atoms with van der Waals surface area (Å²) in [5, 5.41) is 15.9. The number of benzene rings is 4. The number of carbonyl (C=O) groups is 1. The second-order valence-corrected chi connectivity index (χ2v) is 9.58. The maximum absolute atomic E-state index is 12.6. The summed E-state index contributed by atoms with van der Waals surface area (Å²) in [4.78, 5) is 12.6. The molecule has 5 N–H and O–H groups in total. The lowest BCUT2D eigenvalue weighted by Crippen LogP contribution is -2.45. The third-order valence-electron chi connectivity index (χ3n) is 7.01. The van der Waals surface area contributed by atoms with Gasteiger partial charge in [-0.3, -0.25) is 10.1 Å². The van der Waals surface area contributed by atoms with Crippen LogP contribution in [-0.4, -0.2) is 30.7 Å². The number of anilines is 1. The lowest BCUT2D eigenvalue weighted by Gasteiger charge is -2.37. The summed E-state index contributed by atoms with van der Waals surface area (Å²) in [5.41, 5.74) is 10.5. The molecule has 0 saturated heterocycles. The van der Waals surface area contributed by atoms with E-state index in [1.807, 2.05) is 24.3 Å². The molecule has 4 aromatic rings. The molecule has 0 aromatic heterocycles. The van der Waals surface area contributed by atoms with Gasteiger partial charge in [0.1, 0.15) is 5.75 Å². The van der Waals surface area contributed by atoms with Crippen LogP contribution in [0.5, 0.6) is 5.75 Å². The van der Waals surface area contributed by atoms with E-state index in [1.54, 1.807) is 31.4 Å². The number of nitrogens with one attached hydrogen (secondary N) is 2. The van der Waals surface area contributed by atoms with Crippen LogP contribution < -0.4 is 21.1 Å². The maximum atomic E-state index is 12.6. The van der Waals surface area contributed by atoms with Gasteiger partial charge in [0, 0.05) is 5.69 Å². The van der Waals surface area contributed by atoms with Crippen molar-refractivity contribution < 1.29 is 14.6 Å². The highest BCUT2D eigenvalue weighted by atomic mass is 16.5. The number of aliphatic hydroxyl groups is 1. The van der Waals surface area contributed by atoms with E-state index in [1.165, 1.54) is 0 Å². The molecule has 202 valence electrons. The van der Waals surface area contributed by atoms with Gasteiger partial charge in [0.2, 0.25) is 5.91 Å². The molecule has 0 fully saturated rings. The van der Waals surface area contributed by atoms with Gasteiger partial charge < -0.3 is 20.9 Å². The topological polar surface area (TPSA) is 96.6 Å². The molecule has 6 nitrogen and oxygen atoms in total. The number of amides is 1. The molecule has 1 amide bonds. The van der Waals surface area contributed by atoms with Crippen LogP contribution in [0.4, 0.5) is 5.69 Å². The van der Waals surface area contributed by atoms with Gasteiger partial charge in [-0.05, 0) is 65.9 Å². The Bertz CT molecular complexity index is 1250. The number of hydrogen-bond acceptors (Lipinski definition) is 5. The zero-order chi connectivity index (χ0) is 27.5. The van der Waals surface area contributed by atoms with Crippen molar-refractivity contribution in [2.45, 2.75) is 37.5 Å². The smallest absolute Gasteiger partial charge is 0.241 e. The van der Waals surface area contributed by atoms with E-state index in [0.29, 0.717) is 12.1 Å². The Morgan fingerprint density at radius 1 is 0.821 bits per heavy atom. The van der Waals surface area contributed by atoms with Gasteiger partial charge in [0.15, 0.2) is 0 Å². The van der Waals surface area contributed by atoms with Crippen molar-refractivity contribution in [1.29, 1.82) is 0 Å². The summed E-state index contributed by atoms with van der Waals surface area (Å²) >= 11 is 0. The van der Waals surface area contributed by atoms with E-state index < -0.39 is 11.6 Å². The summed E-state index contributed by atoms with van der Waals surface area (Å²) in [6.45, 7) is 0.697. The second kappa shape index (κ2) is 13.7. The highest BCUT2D eigenvalue weighted by Crippen LogP contribution is 2.37. The van der Waals surface area contributed by atoms with Gasteiger partial charge in [0.25, 0.3) is 0 Å². The number of rotatable bonds is 13. The normalized spacial score (nSPS) is 12.1. The van der Waals surface area contributed by atoms with Crippen LogP contribution >= 0.6 is 0 Å². The summed E-state index contributed by atoms with van der Waals surface area (Å²) in [7, 11) is 1.67. The number of carbonyl (C=O) groups excluding carboxylic acids is 1. The first-order chi connectivity index (χ1) is 19.1. The van der Waals surface area contributed by atoms with Crippen molar-refractivity contribution in [2.24, 2.45) is 5.73 Å². The molecule has 0 aliphatic rings. The van der Waals surface area contributed by atoms with Crippen LogP contribution in [-0.2, 0) is 16.9 Å². The number of ether oxygens (including phenoxy) is 1. The molecular formula is C33H37N3O3. The summed E-state index contributed by atoms with van der Waals surface area (Å²) in [6, 6.07) is 35.6. The van der Waals surface area contributed by atoms with E-state index in [4.69, 9.17) is 10.5 Å². The molecule has 1 atom stereocenters. The van der Waals surface area contributed by atoms with Crippen LogP contribution in [0.25, 0.3) is 0 Å². The Hall–Kier alpha value is -3.97. The Morgan fingerprint density at radius 2 is 1.38 bits per heavy atom. The van der Waals surface area contributed by atoms with Crippen LogP contribution in [0.2, 0.25) is 0 Å². The largest absolute Gasteiger partial charge is 0.497 e. The number of aliphatic hydroxyl groups excluding tert-OH is 1. The Kier molecular flexibility index (Phi) is 9.86. The molecular weight excluding hydrogens is 486 g/mol. The molecule has 0 heterocycles. The number of methoxy groups -OCH3 is 1. The Morgan fingerprint density at radius 3 is 1.92 bits per heavy atom. The predicted octanol–water partition coefficient (Wildman–Crippen LogP) is 5.21. The van der Waals surface area contributed by atoms with Gasteiger partial charge in [-0.25, -0.2) is 0 Å². The monoisotopic (exact) mass is 523 g/mol. The van der Waals surface area contributed by atoms with Crippen molar-refractivity contribution in [3.8, 4) is 5.75 Å². The van der Waals surface area contributed by atoms with Crippen LogP contribution in [0.1, 0.15) is 41.5 Å². The molecule has 0 spiro atoms. The first-order valence-electron chi connectivity index (χ1n) is 13.3. The van der Waals surface area contributed by atoms with Crippen LogP contribution in [0, 0.1) is 0 Å². The van der Waals surface area contributed by atoms with Gasteiger partial charge in [-0.1, -0.05) is 91.3 Å². The average Bonchev–Trinajstić information content (AvgIpc) is 3.00. The predicted molar refractivity (Wildman–Crippen MR) is 157 cm³/mol. The van der Waals surface area contributed by atoms with E-state index >= 15 is 0 Å².